The third-order valence-electron chi connectivity index (χ3n) is 0.302. The minimum Gasteiger partial charge on any atom is -0.481 e. The Bertz CT molecular complexity index is 108. The summed E-state index contributed by atoms with van der Waals surface area (Å²) in [6.45, 7) is 6.60. The molecule has 0 aromatic rings. The molecule has 0 aromatic carbocycles. The Kier molecular flexibility index (Phi) is 203. The van der Waals surface area contributed by atoms with Gasteiger partial charge in [0.1, 0.15) is 0 Å². The van der Waals surface area contributed by atoms with Crippen molar-refractivity contribution in [1.82, 2.24) is 0 Å². The van der Waals surface area contributed by atoms with Crippen molar-refractivity contribution in [1.29, 1.82) is 0 Å². The van der Waals surface area contributed by atoms with Crippen molar-refractivity contribution < 1.29 is 71.2 Å². The van der Waals surface area contributed by atoms with Gasteiger partial charge in [-0.1, -0.05) is 6.92 Å². The summed E-state index contributed by atoms with van der Waals surface area (Å²) in [7, 11) is 0. The van der Waals surface area contributed by atoms with Gasteiger partial charge in [0, 0.05) is 58.1 Å². The van der Waals surface area contributed by atoms with E-state index in [1.165, 1.54) is 0 Å². The Balaban J connectivity index is -0.00000000993. The first-order chi connectivity index (χ1) is 4.68. The van der Waals surface area contributed by atoms with E-state index in [0.29, 0.717) is 0 Å². The van der Waals surface area contributed by atoms with Crippen molar-refractivity contribution >= 4 is 31.9 Å². The fourth-order valence-corrected chi connectivity index (χ4v) is 0. The molecule has 0 saturated carbocycles. The summed E-state index contributed by atoms with van der Waals surface area (Å²) in [5.74, 6) is -0.745. The van der Waals surface area contributed by atoms with Gasteiger partial charge >= 0.3 is 12.1 Å². The number of aliphatic carboxylic acids is 1. The van der Waals surface area contributed by atoms with Crippen LogP contribution < -0.4 is 0 Å². The van der Waals surface area contributed by atoms with E-state index >= 15 is 0 Å². The number of rotatable bonds is 1. The molecule has 0 radical (unpaired) electrons. The molecule has 14 heavy (non-hydrogen) atoms. The molecule has 0 spiro atoms. The summed E-state index contributed by atoms with van der Waals surface area (Å²) >= 11 is 0. The number of carbonyl (C=O) groups excluding carboxylic acids is 2. The van der Waals surface area contributed by atoms with Gasteiger partial charge in [0.15, 0.2) is 0 Å². The van der Waals surface area contributed by atoms with Crippen LogP contribution in [0.4, 0.5) is 0 Å². The smallest absolute Gasteiger partial charge is 0.373 e. The van der Waals surface area contributed by atoms with Gasteiger partial charge in [-0.25, -0.2) is 0 Å². The van der Waals surface area contributed by atoms with Gasteiger partial charge in [0.2, 0.25) is 0 Å². The van der Waals surface area contributed by atoms with Crippen LogP contribution in [0.25, 0.3) is 0 Å². The van der Waals surface area contributed by atoms with E-state index in [1.54, 1.807) is 13.8 Å². The molecule has 2 atom stereocenters. The normalized spacial score (nSPS) is 3.64. The molecule has 84 valence electrons. The van der Waals surface area contributed by atoms with Crippen LogP contribution in [0.15, 0.2) is 0 Å². The number of carboxylic acids is 1. The Hall–Kier alpha value is 1.45. The second-order valence-electron chi connectivity index (χ2n) is 0.831. The molecular weight excluding hydrogens is 555 g/mol. The zero-order valence-corrected chi connectivity index (χ0v) is 18.5. The third-order valence-corrected chi connectivity index (χ3v) is 0.302. The summed E-state index contributed by atoms with van der Waals surface area (Å²) in [4.78, 5) is 25.6. The first-order valence-corrected chi connectivity index (χ1v) is 2.60. The van der Waals surface area contributed by atoms with Gasteiger partial charge < -0.3 is 12.0 Å². The minimum absolute atomic E-state index is 0. The van der Waals surface area contributed by atoms with Crippen LogP contribution in [-0.2, 0) is 66.1 Å². The predicted octanol–water partition coefficient (Wildman–Crippen LogP) is 0.849. The number of carboxylic acid groups (broad SMARTS) is 1. The van der Waals surface area contributed by atoms with Gasteiger partial charge in [0.05, 0.1) is 0 Å². The standard InChI is InChI=1S/C3H6O2.C2H5.CO2.2Hf.2H3P/c1-2-3(4)5;1-2;2-1-3;;;;/h2H2,1H3,(H,4,5);1H2,2H3;;;;2*1H3/q;-1;;;;;. The fourth-order valence-electron chi connectivity index (χ4n) is 0. The summed E-state index contributed by atoms with van der Waals surface area (Å²) in [6, 6.07) is 0. The monoisotopic (exact) mass is 575 g/mol. The van der Waals surface area contributed by atoms with E-state index in [2.05, 4.69) is 6.92 Å². The van der Waals surface area contributed by atoms with E-state index in [-0.39, 0.29) is 84.1 Å². The van der Waals surface area contributed by atoms with Crippen LogP contribution in [0.3, 0.4) is 0 Å². The van der Waals surface area contributed by atoms with E-state index < -0.39 is 5.97 Å². The molecule has 0 fully saturated rings. The van der Waals surface area contributed by atoms with Crippen LogP contribution in [0.5, 0.6) is 0 Å². The second-order valence-corrected chi connectivity index (χ2v) is 0.831. The molecule has 0 amide bonds. The Labute approximate surface area is 129 Å². The van der Waals surface area contributed by atoms with Crippen molar-refractivity contribution in [2.24, 2.45) is 0 Å². The van der Waals surface area contributed by atoms with Crippen LogP contribution in [0.2, 0.25) is 0 Å². The zero-order valence-electron chi connectivity index (χ0n) is 8.50. The molecule has 0 saturated heterocycles. The fraction of sp³-hybridized carbons (Fsp3) is 0.500. The van der Waals surface area contributed by atoms with E-state index in [0.717, 1.165) is 0 Å². The number of hydrogen-bond acceptors (Lipinski definition) is 3. The first kappa shape index (κ1) is 45.2. The summed E-state index contributed by atoms with van der Waals surface area (Å²) in [5.41, 5.74) is 0. The molecule has 8 heteroatoms. The summed E-state index contributed by atoms with van der Waals surface area (Å²) < 4.78 is 0. The van der Waals surface area contributed by atoms with Gasteiger partial charge in [0.25, 0.3) is 0 Å². The maximum absolute atomic E-state index is 9.37. The molecule has 0 aromatic heterocycles. The molecule has 0 bridgehead atoms. The first-order valence-electron chi connectivity index (χ1n) is 2.60. The molecule has 0 heterocycles. The van der Waals surface area contributed by atoms with E-state index in [4.69, 9.17) is 14.7 Å². The maximum atomic E-state index is 9.37. The number of hydrogen-bond donors (Lipinski definition) is 1. The molecule has 0 rings (SSSR count). The molecule has 0 aliphatic heterocycles. The SMILES string of the molecule is CCC(=O)O.O=C=O.P.P.[CH2-]C.[Hf].[Hf]. The average molecular weight is 572 g/mol. The van der Waals surface area contributed by atoms with E-state index in [1.807, 2.05) is 0 Å². The Morgan fingerprint density at radius 1 is 1.21 bits per heavy atom. The molecule has 1 N–H and O–H groups in total. The van der Waals surface area contributed by atoms with Crippen molar-refractivity contribution in [3.8, 4) is 0 Å². The topological polar surface area (TPSA) is 71.4 Å². The molecule has 0 aliphatic carbocycles. The van der Waals surface area contributed by atoms with Gasteiger partial charge in [-0.2, -0.15) is 36.3 Å². The Morgan fingerprint density at radius 3 is 1.29 bits per heavy atom. The Morgan fingerprint density at radius 2 is 1.29 bits per heavy atom. The molecule has 0 aliphatic rings. The molecular formula is C6H17Hf2O4P2-. The summed E-state index contributed by atoms with van der Waals surface area (Å²) in [5, 5.41) is 7.72. The van der Waals surface area contributed by atoms with Crippen molar-refractivity contribution in [3.63, 3.8) is 0 Å². The predicted molar refractivity (Wildman–Crippen MR) is 56.2 cm³/mol. The molecule has 2 unspecified atom stereocenters. The largest absolute Gasteiger partial charge is 0.481 e. The van der Waals surface area contributed by atoms with Gasteiger partial charge in [-0.05, 0) is 0 Å². The second kappa shape index (κ2) is 62.8. The summed E-state index contributed by atoms with van der Waals surface area (Å²) in [6.07, 6.45) is 0.472. The average Bonchev–Trinajstić information content (AvgIpc) is 1.94. The minimum atomic E-state index is -0.745. The van der Waals surface area contributed by atoms with Crippen molar-refractivity contribution in [2.75, 3.05) is 0 Å². The van der Waals surface area contributed by atoms with Crippen molar-refractivity contribution in [2.45, 2.75) is 20.3 Å². The third kappa shape index (κ3) is 175. The van der Waals surface area contributed by atoms with Crippen LogP contribution in [0, 0.1) is 6.92 Å². The zero-order chi connectivity index (χ0) is 8.99. The van der Waals surface area contributed by atoms with E-state index in [9.17, 15) is 4.79 Å². The van der Waals surface area contributed by atoms with Crippen LogP contribution in [-0.4, -0.2) is 17.2 Å². The number of carbonyl (C=O) groups is 1. The van der Waals surface area contributed by atoms with Crippen LogP contribution in [0.1, 0.15) is 20.3 Å². The van der Waals surface area contributed by atoms with Gasteiger partial charge in [-0.3, -0.25) is 4.79 Å². The quantitative estimate of drug-likeness (QED) is 0.288. The molecule has 4 nitrogen and oxygen atoms in total. The maximum Gasteiger partial charge on any atom is 0.373 e. The van der Waals surface area contributed by atoms with Crippen LogP contribution >= 0.6 is 19.8 Å². The van der Waals surface area contributed by atoms with Crippen molar-refractivity contribution in [3.05, 3.63) is 6.92 Å². The van der Waals surface area contributed by atoms with Gasteiger partial charge in [-0.15, -0.1) is 0 Å².